The van der Waals surface area contributed by atoms with Gasteiger partial charge in [-0.15, -0.1) is 0 Å². The molecule has 110 valence electrons. The molecule has 0 bridgehead atoms. The standard InChI is InChI=1S/C12H13F3N2O2S/c13-12(14,15)6-1-7-17-20(18,19)9-11-4-2-10(8-16)3-5-11/h2-5,17H,1,6-7,9H2. The van der Waals surface area contributed by atoms with Crippen LogP contribution in [-0.4, -0.2) is 21.1 Å². The number of sulfonamides is 1. The van der Waals surface area contributed by atoms with Crippen LogP contribution in [0.2, 0.25) is 0 Å². The van der Waals surface area contributed by atoms with Gasteiger partial charge >= 0.3 is 6.18 Å². The highest BCUT2D eigenvalue weighted by Gasteiger charge is 2.26. The Balaban J connectivity index is 2.47. The van der Waals surface area contributed by atoms with Gasteiger partial charge in [-0.1, -0.05) is 12.1 Å². The summed E-state index contributed by atoms with van der Waals surface area (Å²) < 4.78 is 61.0. The maximum absolute atomic E-state index is 11.9. The molecule has 0 aliphatic heterocycles. The van der Waals surface area contributed by atoms with Gasteiger partial charge in [-0.05, 0) is 24.1 Å². The van der Waals surface area contributed by atoms with Crippen molar-refractivity contribution in [2.75, 3.05) is 6.54 Å². The molecular weight excluding hydrogens is 293 g/mol. The van der Waals surface area contributed by atoms with E-state index in [2.05, 4.69) is 4.72 Å². The fourth-order valence-electron chi connectivity index (χ4n) is 1.46. The van der Waals surface area contributed by atoms with E-state index in [0.29, 0.717) is 11.1 Å². The molecule has 1 N–H and O–H groups in total. The average molecular weight is 306 g/mol. The van der Waals surface area contributed by atoms with E-state index in [-0.39, 0.29) is 18.7 Å². The molecule has 1 rings (SSSR count). The second-order valence-electron chi connectivity index (χ2n) is 4.18. The maximum atomic E-state index is 11.9. The lowest BCUT2D eigenvalue weighted by molar-refractivity contribution is -0.135. The number of halogens is 3. The first-order chi connectivity index (χ1) is 9.22. The van der Waals surface area contributed by atoms with Gasteiger partial charge in [0.05, 0.1) is 17.4 Å². The number of hydrogen-bond donors (Lipinski definition) is 1. The third-order valence-corrected chi connectivity index (χ3v) is 3.76. The average Bonchev–Trinajstić information content (AvgIpc) is 2.34. The predicted octanol–water partition coefficient (Wildman–Crippen LogP) is 2.32. The third-order valence-electron chi connectivity index (χ3n) is 2.40. The van der Waals surface area contributed by atoms with E-state index >= 15 is 0 Å². The van der Waals surface area contributed by atoms with Crippen LogP contribution < -0.4 is 4.72 Å². The van der Waals surface area contributed by atoms with Crippen LogP contribution in [0.1, 0.15) is 24.0 Å². The minimum atomic E-state index is -4.28. The molecule has 8 heteroatoms. The number of alkyl halides is 3. The quantitative estimate of drug-likeness (QED) is 0.820. The number of nitriles is 1. The van der Waals surface area contributed by atoms with Crippen LogP contribution in [0.15, 0.2) is 24.3 Å². The van der Waals surface area contributed by atoms with Crippen molar-refractivity contribution in [2.45, 2.75) is 24.8 Å². The summed E-state index contributed by atoms with van der Waals surface area (Å²) in [5.41, 5.74) is 0.872. The summed E-state index contributed by atoms with van der Waals surface area (Å²) >= 11 is 0. The molecule has 0 saturated carbocycles. The van der Waals surface area contributed by atoms with E-state index in [0.717, 1.165) is 0 Å². The van der Waals surface area contributed by atoms with Crippen LogP contribution >= 0.6 is 0 Å². The van der Waals surface area contributed by atoms with Crippen molar-refractivity contribution < 1.29 is 21.6 Å². The third kappa shape index (κ3) is 6.54. The van der Waals surface area contributed by atoms with Crippen molar-refractivity contribution in [3.63, 3.8) is 0 Å². The smallest absolute Gasteiger partial charge is 0.215 e. The molecule has 0 spiro atoms. The fraction of sp³-hybridized carbons (Fsp3) is 0.417. The van der Waals surface area contributed by atoms with Gasteiger partial charge in [0, 0.05) is 13.0 Å². The summed E-state index contributed by atoms with van der Waals surface area (Å²) in [4.78, 5) is 0. The summed E-state index contributed by atoms with van der Waals surface area (Å²) in [6.45, 7) is -0.252. The van der Waals surface area contributed by atoms with Crippen LogP contribution in [0.4, 0.5) is 13.2 Å². The summed E-state index contributed by atoms with van der Waals surface area (Å²) in [5, 5.41) is 8.60. The van der Waals surface area contributed by atoms with Crippen molar-refractivity contribution in [3.05, 3.63) is 35.4 Å². The topological polar surface area (TPSA) is 70.0 Å². The zero-order chi connectivity index (χ0) is 15.2. The minimum absolute atomic E-state index is 0.252. The first-order valence-corrected chi connectivity index (χ1v) is 7.40. The summed E-state index contributed by atoms with van der Waals surface area (Å²) in [6.07, 6.45) is -5.60. The highest BCUT2D eigenvalue weighted by molar-refractivity contribution is 7.88. The molecule has 0 amide bonds. The fourth-order valence-corrected chi connectivity index (χ4v) is 2.65. The van der Waals surface area contributed by atoms with E-state index in [4.69, 9.17) is 5.26 Å². The lowest BCUT2D eigenvalue weighted by Crippen LogP contribution is -2.27. The van der Waals surface area contributed by atoms with Crippen LogP contribution in [-0.2, 0) is 15.8 Å². The second-order valence-corrected chi connectivity index (χ2v) is 5.99. The zero-order valence-corrected chi connectivity index (χ0v) is 11.3. The highest BCUT2D eigenvalue weighted by atomic mass is 32.2. The monoisotopic (exact) mass is 306 g/mol. The molecule has 0 aliphatic rings. The molecule has 0 fully saturated rings. The Morgan fingerprint density at radius 2 is 1.80 bits per heavy atom. The van der Waals surface area contributed by atoms with Crippen LogP contribution in [0.5, 0.6) is 0 Å². The largest absolute Gasteiger partial charge is 0.389 e. The van der Waals surface area contributed by atoms with Gasteiger partial charge < -0.3 is 0 Å². The van der Waals surface area contributed by atoms with Gasteiger partial charge in [-0.25, -0.2) is 13.1 Å². The lowest BCUT2D eigenvalue weighted by atomic mass is 10.2. The van der Waals surface area contributed by atoms with E-state index in [9.17, 15) is 21.6 Å². The number of benzene rings is 1. The maximum Gasteiger partial charge on any atom is 0.389 e. The van der Waals surface area contributed by atoms with Gasteiger partial charge in [-0.3, -0.25) is 0 Å². The summed E-state index contributed by atoms with van der Waals surface area (Å²) in [7, 11) is -3.67. The van der Waals surface area contributed by atoms with Crippen LogP contribution in [0.25, 0.3) is 0 Å². The zero-order valence-electron chi connectivity index (χ0n) is 10.4. The van der Waals surface area contributed by atoms with Gasteiger partial charge in [0.25, 0.3) is 0 Å². The van der Waals surface area contributed by atoms with E-state index < -0.39 is 22.6 Å². The van der Waals surface area contributed by atoms with Crippen LogP contribution in [0, 0.1) is 11.3 Å². The van der Waals surface area contributed by atoms with Gasteiger partial charge in [-0.2, -0.15) is 18.4 Å². The Morgan fingerprint density at radius 1 is 1.20 bits per heavy atom. The normalized spacial score (nSPS) is 12.1. The minimum Gasteiger partial charge on any atom is -0.215 e. The molecule has 0 heterocycles. The van der Waals surface area contributed by atoms with Crippen molar-refractivity contribution in [2.24, 2.45) is 0 Å². The Bertz CT molecular complexity index is 574. The summed E-state index contributed by atoms with van der Waals surface area (Å²) in [5.74, 6) is -0.329. The second kappa shape index (κ2) is 6.72. The molecular formula is C12H13F3N2O2S. The van der Waals surface area contributed by atoms with Gasteiger partial charge in [0.2, 0.25) is 10.0 Å². The number of rotatable bonds is 6. The molecule has 0 unspecified atom stereocenters. The Kier molecular flexibility index (Phi) is 5.53. The van der Waals surface area contributed by atoms with E-state index in [1.54, 1.807) is 0 Å². The molecule has 4 nitrogen and oxygen atoms in total. The van der Waals surface area contributed by atoms with Crippen molar-refractivity contribution in [1.82, 2.24) is 4.72 Å². The van der Waals surface area contributed by atoms with Gasteiger partial charge in [0.15, 0.2) is 0 Å². The van der Waals surface area contributed by atoms with Crippen molar-refractivity contribution in [3.8, 4) is 6.07 Å². The predicted molar refractivity (Wildman–Crippen MR) is 67.1 cm³/mol. The molecule has 20 heavy (non-hydrogen) atoms. The molecule has 0 radical (unpaired) electrons. The first-order valence-electron chi connectivity index (χ1n) is 5.75. The van der Waals surface area contributed by atoms with E-state index in [1.807, 2.05) is 6.07 Å². The molecule has 0 aromatic heterocycles. The van der Waals surface area contributed by atoms with E-state index in [1.165, 1.54) is 24.3 Å². The van der Waals surface area contributed by atoms with Crippen molar-refractivity contribution in [1.29, 1.82) is 5.26 Å². The first kappa shape index (κ1) is 16.5. The molecule has 0 saturated heterocycles. The number of nitrogens with zero attached hydrogens (tertiary/aromatic N) is 1. The molecule has 0 atom stereocenters. The molecule has 1 aromatic rings. The molecule has 1 aromatic carbocycles. The Hall–Kier alpha value is -1.59. The molecule has 0 aliphatic carbocycles. The Morgan fingerprint density at radius 3 is 2.30 bits per heavy atom. The lowest BCUT2D eigenvalue weighted by Gasteiger charge is -2.08. The summed E-state index contributed by atoms with van der Waals surface area (Å²) in [6, 6.07) is 7.85. The SMILES string of the molecule is N#Cc1ccc(CS(=O)(=O)NCCCC(F)(F)F)cc1. The number of nitrogens with one attached hydrogen (secondary N) is 1. The van der Waals surface area contributed by atoms with Crippen molar-refractivity contribution >= 4 is 10.0 Å². The number of hydrogen-bond acceptors (Lipinski definition) is 3. The van der Waals surface area contributed by atoms with Crippen LogP contribution in [0.3, 0.4) is 0 Å². The van der Waals surface area contributed by atoms with Gasteiger partial charge in [0.1, 0.15) is 0 Å². The Labute approximate surface area is 115 Å². The highest BCUT2D eigenvalue weighted by Crippen LogP contribution is 2.20.